The number of hydrogen-bond acceptors (Lipinski definition) is 4. The highest BCUT2D eigenvalue weighted by atomic mass is 35.5. The van der Waals surface area contributed by atoms with Crippen molar-refractivity contribution in [1.29, 1.82) is 0 Å². The Kier molecular flexibility index (Phi) is 3.76. The summed E-state index contributed by atoms with van der Waals surface area (Å²) in [5.74, 6) is 1.10. The summed E-state index contributed by atoms with van der Waals surface area (Å²) in [4.78, 5) is 11.0. The molecule has 1 aliphatic rings. The van der Waals surface area contributed by atoms with Crippen LogP contribution in [0.4, 0.5) is 5.69 Å². The first-order valence-corrected chi connectivity index (χ1v) is 4.19. The second kappa shape index (κ2) is 4.86. The van der Waals surface area contributed by atoms with Crippen molar-refractivity contribution in [3.8, 4) is 11.5 Å². The third kappa shape index (κ3) is 2.51. The van der Waals surface area contributed by atoms with Gasteiger partial charge in [-0.15, -0.1) is 12.4 Å². The molecule has 0 radical (unpaired) electrons. The number of ether oxygens (including phenoxy) is 2. The van der Waals surface area contributed by atoms with E-state index in [1.807, 2.05) is 0 Å². The maximum absolute atomic E-state index is 11.0. The van der Waals surface area contributed by atoms with E-state index in [4.69, 9.17) is 15.2 Å². The molecule has 1 amide bonds. The van der Waals surface area contributed by atoms with Gasteiger partial charge in [0.1, 0.15) is 0 Å². The van der Waals surface area contributed by atoms with E-state index in [1.165, 1.54) is 0 Å². The van der Waals surface area contributed by atoms with Gasteiger partial charge < -0.3 is 20.5 Å². The Morgan fingerprint density at radius 3 is 2.87 bits per heavy atom. The molecule has 1 heterocycles. The van der Waals surface area contributed by atoms with Crippen LogP contribution < -0.4 is 20.5 Å². The Labute approximate surface area is 93.0 Å². The molecule has 0 aliphatic carbocycles. The van der Waals surface area contributed by atoms with Gasteiger partial charge in [-0.1, -0.05) is 0 Å². The second-order valence-corrected chi connectivity index (χ2v) is 2.82. The zero-order valence-electron chi connectivity index (χ0n) is 7.86. The third-order valence-electron chi connectivity index (χ3n) is 1.84. The lowest BCUT2D eigenvalue weighted by atomic mass is 10.3. The van der Waals surface area contributed by atoms with Gasteiger partial charge in [0, 0.05) is 11.8 Å². The molecule has 3 N–H and O–H groups in total. The fourth-order valence-electron chi connectivity index (χ4n) is 1.19. The van der Waals surface area contributed by atoms with E-state index in [0.717, 1.165) is 0 Å². The van der Waals surface area contributed by atoms with Crippen LogP contribution in [0.3, 0.4) is 0 Å². The van der Waals surface area contributed by atoms with Crippen molar-refractivity contribution in [3.05, 3.63) is 18.2 Å². The largest absolute Gasteiger partial charge is 0.454 e. The smallest absolute Gasteiger partial charge is 0.238 e. The summed E-state index contributed by atoms with van der Waals surface area (Å²) >= 11 is 0. The number of anilines is 1. The van der Waals surface area contributed by atoms with Crippen molar-refractivity contribution in [2.75, 3.05) is 18.7 Å². The van der Waals surface area contributed by atoms with E-state index in [-0.39, 0.29) is 31.7 Å². The molecular formula is C9H11ClN2O3. The number of nitrogens with two attached hydrogens (primary N) is 1. The van der Waals surface area contributed by atoms with Gasteiger partial charge in [0.2, 0.25) is 12.7 Å². The van der Waals surface area contributed by atoms with E-state index < -0.39 is 0 Å². The standard InChI is InChI=1S/C9H10N2O3.ClH/c10-4-9(12)11-6-1-2-7-8(3-6)14-5-13-7;/h1-3H,4-5,10H2,(H,11,12);1H. The van der Waals surface area contributed by atoms with Crippen molar-refractivity contribution in [3.63, 3.8) is 0 Å². The van der Waals surface area contributed by atoms with Gasteiger partial charge in [-0.05, 0) is 12.1 Å². The molecule has 0 saturated carbocycles. The maximum atomic E-state index is 11.0. The molecule has 2 rings (SSSR count). The minimum Gasteiger partial charge on any atom is -0.454 e. The zero-order valence-corrected chi connectivity index (χ0v) is 8.67. The Bertz CT molecular complexity index is 370. The summed E-state index contributed by atoms with van der Waals surface area (Å²) in [7, 11) is 0. The fourth-order valence-corrected chi connectivity index (χ4v) is 1.19. The molecule has 0 aromatic heterocycles. The fraction of sp³-hybridized carbons (Fsp3) is 0.222. The predicted octanol–water partition coefficient (Wildman–Crippen LogP) is 0.734. The van der Waals surface area contributed by atoms with Gasteiger partial charge in [0.05, 0.1) is 6.54 Å². The Morgan fingerprint density at radius 2 is 2.13 bits per heavy atom. The molecule has 1 aliphatic heterocycles. The summed E-state index contributed by atoms with van der Waals surface area (Å²) in [5, 5.41) is 2.62. The minimum absolute atomic E-state index is 0. The number of halogens is 1. The first-order chi connectivity index (χ1) is 6.79. The summed E-state index contributed by atoms with van der Waals surface area (Å²) in [6.07, 6.45) is 0. The molecule has 0 saturated heterocycles. The Balaban J connectivity index is 0.00000112. The highest BCUT2D eigenvalue weighted by Gasteiger charge is 2.13. The van der Waals surface area contributed by atoms with Crippen LogP contribution in [-0.2, 0) is 4.79 Å². The normalized spacial score (nSPS) is 11.8. The van der Waals surface area contributed by atoms with Crippen LogP contribution in [0.15, 0.2) is 18.2 Å². The van der Waals surface area contributed by atoms with Crippen molar-refractivity contribution < 1.29 is 14.3 Å². The second-order valence-electron chi connectivity index (χ2n) is 2.82. The van der Waals surface area contributed by atoms with Crippen LogP contribution in [0.2, 0.25) is 0 Å². The molecule has 0 bridgehead atoms. The maximum Gasteiger partial charge on any atom is 0.238 e. The number of rotatable bonds is 2. The Hall–Kier alpha value is -1.46. The van der Waals surface area contributed by atoms with Crippen molar-refractivity contribution in [2.24, 2.45) is 5.73 Å². The molecule has 6 heteroatoms. The van der Waals surface area contributed by atoms with Gasteiger partial charge in [0.25, 0.3) is 0 Å². The van der Waals surface area contributed by atoms with Crippen LogP contribution in [0.1, 0.15) is 0 Å². The molecule has 15 heavy (non-hydrogen) atoms. The number of fused-ring (bicyclic) bond motifs is 1. The lowest BCUT2D eigenvalue weighted by Gasteiger charge is -2.03. The quantitative estimate of drug-likeness (QED) is 0.786. The minimum atomic E-state index is -0.233. The molecule has 0 spiro atoms. The number of nitrogens with one attached hydrogen (secondary N) is 1. The van der Waals surface area contributed by atoms with Crippen LogP contribution >= 0.6 is 12.4 Å². The summed E-state index contributed by atoms with van der Waals surface area (Å²) in [6.45, 7) is 0.193. The average molecular weight is 231 g/mol. The number of carbonyl (C=O) groups excluding carboxylic acids is 1. The number of benzene rings is 1. The van der Waals surface area contributed by atoms with E-state index in [2.05, 4.69) is 5.32 Å². The van der Waals surface area contributed by atoms with E-state index in [9.17, 15) is 4.79 Å². The SMILES string of the molecule is Cl.NCC(=O)Nc1ccc2c(c1)OCO2. The molecule has 0 fully saturated rings. The van der Waals surface area contributed by atoms with Crippen LogP contribution in [0, 0.1) is 0 Å². The highest BCUT2D eigenvalue weighted by Crippen LogP contribution is 2.34. The first-order valence-electron chi connectivity index (χ1n) is 4.19. The number of amides is 1. The van der Waals surface area contributed by atoms with Gasteiger partial charge in [0.15, 0.2) is 11.5 Å². The molecule has 5 nitrogen and oxygen atoms in total. The van der Waals surface area contributed by atoms with Crippen molar-refractivity contribution in [2.45, 2.75) is 0 Å². The van der Waals surface area contributed by atoms with Crippen molar-refractivity contribution in [1.82, 2.24) is 0 Å². The van der Waals surface area contributed by atoms with Gasteiger partial charge >= 0.3 is 0 Å². The molecule has 0 unspecified atom stereocenters. The average Bonchev–Trinajstić information content (AvgIpc) is 2.64. The third-order valence-corrected chi connectivity index (χ3v) is 1.84. The molecule has 0 atom stereocenters. The summed E-state index contributed by atoms with van der Waals surface area (Å²) in [5.41, 5.74) is 5.82. The summed E-state index contributed by atoms with van der Waals surface area (Å²) in [6, 6.07) is 5.19. The van der Waals surface area contributed by atoms with Crippen LogP contribution in [0.25, 0.3) is 0 Å². The Morgan fingerprint density at radius 1 is 1.40 bits per heavy atom. The van der Waals surface area contributed by atoms with Crippen LogP contribution in [-0.4, -0.2) is 19.2 Å². The molecule has 82 valence electrons. The predicted molar refractivity (Wildman–Crippen MR) is 57.5 cm³/mol. The zero-order chi connectivity index (χ0) is 9.97. The molecule has 1 aromatic rings. The number of hydrogen-bond donors (Lipinski definition) is 2. The number of carbonyl (C=O) groups is 1. The summed E-state index contributed by atoms with van der Waals surface area (Å²) < 4.78 is 10.3. The van der Waals surface area contributed by atoms with Gasteiger partial charge in [-0.3, -0.25) is 4.79 Å². The highest BCUT2D eigenvalue weighted by molar-refractivity contribution is 5.92. The van der Waals surface area contributed by atoms with Gasteiger partial charge in [-0.2, -0.15) is 0 Å². The lowest BCUT2D eigenvalue weighted by molar-refractivity contribution is -0.114. The van der Waals surface area contributed by atoms with Gasteiger partial charge in [-0.25, -0.2) is 0 Å². The monoisotopic (exact) mass is 230 g/mol. The molecule has 1 aromatic carbocycles. The van der Waals surface area contributed by atoms with Crippen LogP contribution in [0.5, 0.6) is 11.5 Å². The molecular weight excluding hydrogens is 220 g/mol. The van der Waals surface area contributed by atoms with E-state index >= 15 is 0 Å². The lowest BCUT2D eigenvalue weighted by Crippen LogP contribution is -2.21. The topological polar surface area (TPSA) is 73.6 Å². The van der Waals surface area contributed by atoms with E-state index in [1.54, 1.807) is 18.2 Å². The van der Waals surface area contributed by atoms with E-state index in [0.29, 0.717) is 17.2 Å². The first kappa shape index (κ1) is 11.6. The van der Waals surface area contributed by atoms with Crippen molar-refractivity contribution >= 4 is 24.0 Å².